The zero-order chi connectivity index (χ0) is 14.3. The molecular weight excluding hydrogens is 238 g/mol. The molecule has 0 aliphatic carbocycles. The van der Waals surface area contributed by atoms with E-state index in [4.69, 9.17) is 5.11 Å². The molecule has 0 aromatic rings. The molecule has 1 N–H and O–H groups in total. The van der Waals surface area contributed by atoms with Crippen LogP contribution in [0.1, 0.15) is 13.8 Å². The van der Waals surface area contributed by atoms with Crippen LogP contribution in [0.25, 0.3) is 0 Å². The summed E-state index contributed by atoms with van der Waals surface area (Å²) < 4.78 is 0. The highest BCUT2D eigenvalue weighted by atomic mass is 16.4. The monoisotopic (exact) mass is 259 g/mol. The number of carboxylic acid groups (broad SMARTS) is 1. The number of amides is 3. The van der Waals surface area contributed by atoms with Crippen molar-refractivity contribution in [1.82, 2.24) is 14.7 Å². The highest BCUT2D eigenvalue weighted by molar-refractivity contribution is 5.85. The average molecular weight is 259 g/mol. The number of carboxylic acids is 1. The van der Waals surface area contributed by atoms with Gasteiger partial charge in [0, 0.05) is 27.2 Å². The molecule has 0 fully saturated rings. The number of hydrogen-bond acceptors (Lipinski definition) is 3. The van der Waals surface area contributed by atoms with E-state index in [1.807, 2.05) is 13.8 Å². The number of aliphatic carboxylic acids is 1. The molecule has 0 heterocycles. The van der Waals surface area contributed by atoms with Gasteiger partial charge in [0.25, 0.3) is 0 Å². The van der Waals surface area contributed by atoms with Gasteiger partial charge < -0.3 is 19.8 Å². The van der Waals surface area contributed by atoms with Crippen LogP contribution in [0.2, 0.25) is 0 Å². The summed E-state index contributed by atoms with van der Waals surface area (Å²) in [5, 5.41) is 8.57. The Morgan fingerprint density at radius 1 is 0.944 bits per heavy atom. The minimum Gasteiger partial charge on any atom is -0.480 e. The van der Waals surface area contributed by atoms with Crippen LogP contribution in [-0.4, -0.2) is 78.0 Å². The average Bonchev–Trinajstić information content (AvgIpc) is 2.28. The molecule has 0 aromatic heterocycles. The van der Waals surface area contributed by atoms with E-state index in [-0.39, 0.29) is 19.0 Å². The quantitative estimate of drug-likeness (QED) is 0.723. The Kier molecular flexibility index (Phi) is 6.77. The molecule has 0 saturated carbocycles. The highest BCUT2D eigenvalue weighted by Crippen LogP contribution is 1.97. The number of hydrogen-bond donors (Lipinski definition) is 1. The molecule has 0 rings (SSSR count). The van der Waals surface area contributed by atoms with Crippen LogP contribution in [0.5, 0.6) is 0 Å². The lowest BCUT2D eigenvalue weighted by atomic mass is 10.4. The topological polar surface area (TPSA) is 81.2 Å². The minimum absolute atomic E-state index is 0.0511. The second-order valence-corrected chi connectivity index (χ2v) is 3.95. The van der Waals surface area contributed by atoms with Crippen molar-refractivity contribution in [2.24, 2.45) is 0 Å². The van der Waals surface area contributed by atoms with Crippen LogP contribution in [-0.2, 0) is 9.59 Å². The molecule has 18 heavy (non-hydrogen) atoms. The third-order valence-corrected chi connectivity index (χ3v) is 2.51. The van der Waals surface area contributed by atoms with Crippen LogP contribution in [0, 0.1) is 0 Å². The molecule has 0 saturated heterocycles. The normalized spacial score (nSPS) is 9.78. The highest BCUT2D eigenvalue weighted by Gasteiger charge is 2.20. The van der Waals surface area contributed by atoms with E-state index in [0.717, 1.165) is 4.90 Å². The van der Waals surface area contributed by atoms with Crippen molar-refractivity contribution < 1.29 is 19.5 Å². The molecule has 7 heteroatoms. The standard InChI is InChI=1S/C11H21N3O4/c1-5-14(6-2)9(15)7-12(3)11(18)13(4)8-10(16)17/h5-8H2,1-4H3,(H,16,17). The van der Waals surface area contributed by atoms with Crippen LogP contribution < -0.4 is 0 Å². The molecule has 0 radical (unpaired) electrons. The Hall–Kier alpha value is -1.79. The van der Waals surface area contributed by atoms with Crippen LogP contribution in [0.15, 0.2) is 0 Å². The fourth-order valence-electron chi connectivity index (χ4n) is 1.51. The number of urea groups is 1. The summed E-state index contributed by atoms with van der Waals surface area (Å²) in [6.45, 7) is 4.46. The van der Waals surface area contributed by atoms with Gasteiger partial charge in [-0.2, -0.15) is 0 Å². The molecule has 0 unspecified atom stereocenters. The van der Waals surface area contributed by atoms with Gasteiger partial charge in [0.1, 0.15) is 13.1 Å². The smallest absolute Gasteiger partial charge is 0.323 e. The lowest BCUT2D eigenvalue weighted by Crippen LogP contribution is -2.46. The van der Waals surface area contributed by atoms with Crippen molar-refractivity contribution in [2.45, 2.75) is 13.8 Å². The van der Waals surface area contributed by atoms with Crippen molar-refractivity contribution in [3.63, 3.8) is 0 Å². The SMILES string of the molecule is CCN(CC)C(=O)CN(C)C(=O)N(C)CC(=O)O. The minimum atomic E-state index is -1.09. The largest absolute Gasteiger partial charge is 0.480 e. The summed E-state index contributed by atoms with van der Waals surface area (Å²) in [6.07, 6.45) is 0. The van der Waals surface area contributed by atoms with Gasteiger partial charge in [-0.25, -0.2) is 4.79 Å². The van der Waals surface area contributed by atoms with Crippen molar-refractivity contribution in [3.05, 3.63) is 0 Å². The van der Waals surface area contributed by atoms with Gasteiger partial charge in [0.05, 0.1) is 0 Å². The van der Waals surface area contributed by atoms with E-state index in [1.165, 1.54) is 19.0 Å². The lowest BCUT2D eigenvalue weighted by molar-refractivity contribution is -0.137. The van der Waals surface area contributed by atoms with Crippen LogP contribution in [0.4, 0.5) is 4.79 Å². The Morgan fingerprint density at radius 3 is 1.78 bits per heavy atom. The van der Waals surface area contributed by atoms with Crippen molar-refractivity contribution in [2.75, 3.05) is 40.3 Å². The number of rotatable bonds is 6. The third kappa shape index (κ3) is 5.03. The number of carbonyl (C=O) groups excluding carboxylic acids is 2. The van der Waals surface area contributed by atoms with E-state index >= 15 is 0 Å². The van der Waals surface area contributed by atoms with Gasteiger partial charge in [0.15, 0.2) is 0 Å². The molecule has 0 aliphatic rings. The van der Waals surface area contributed by atoms with E-state index in [0.29, 0.717) is 13.1 Å². The summed E-state index contributed by atoms with van der Waals surface area (Å²) >= 11 is 0. The molecule has 104 valence electrons. The number of carbonyl (C=O) groups is 3. The van der Waals surface area contributed by atoms with E-state index in [1.54, 1.807) is 4.90 Å². The first-order chi connectivity index (χ1) is 8.33. The van der Waals surface area contributed by atoms with E-state index in [9.17, 15) is 14.4 Å². The molecule has 0 aliphatic heterocycles. The molecule has 0 aromatic carbocycles. The van der Waals surface area contributed by atoms with Crippen LogP contribution in [0.3, 0.4) is 0 Å². The summed E-state index contributed by atoms with van der Waals surface area (Å²) in [7, 11) is 2.86. The maximum atomic E-state index is 11.8. The van der Waals surface area contributed by atoms with Gasteiger partial charge in [-0.15, -0.1) is 0 Å². The second-order valence-electron chi connectivity index (χ2n) is 3.95. The first kappa shape index (κ1) is 16.2. The molecule has 3 amide bonds. The number of nitrogens with zero attached hydrogens (tertiary/aromatic N) is 3. The zero-order valence-corrected chi connectivity index (χ0v) is 11.3. The van der Waals surface area contributed by atoms with E-state index in [2.05, 4.69) is 0 Å². The molecule has 0 bridgehead atoms. The number of likely N-dealkylation sites (N-methyl/N-ethyl adjacent to an activating group) is 3. The lowest BCUT2D eigenvalue weighted by Gasteiger charge is -2.26. The summed E-state index contributed by atoms with van der Waals surface area (Å²) in [5.74, 6) is -1.24. The molecular formula is C11H21N3O4. The first-order valence-electron chi connectivity index (χ1n) is 5.79. The van der Waals surface area contributed by atoms with Crippen molar-refractivity contribution in [1.29, 1.82) is 0 Å². The summed E-state index contributed by atoms with van der Waals surface area (Å²) in [4.78, 5) is 37.8. The zero-order valence-electron chi connectivity index (χ0n) is 11.3. The van der Waals surface area contributed by atoms with Crippen LogP contribution >= 0.6 is 0 Å². The maximum absolute atomic E-state index is 11.8. The Bertz CT molecular complexity index is 315. The fraction of sp³-hybridized carbons (Fsp3) is 0.727. The van der Waals surface area contributed by atoms with Crippen molar-refractivity contribution >= 4 is 17.9 Å². The van der Waals surface area contributed by atoms with Gasteiger partial charge in [0.2, 0.25) is 5.91 Å². The molecule has 7 nitrogen and oxygen atoms in total. The predicted octanol–water partition coefficient (Wildman–Crippen LogP) is -0.0770. The Morgan fingerprint density at radius 2 is 1.39 bits per heavy atom. The summed E-state index contributed by atoms with van der Waals surface area (Å²) in [6, 6.07) is -0.488. The van der Waals surface area contributed by atoms with Gasteiger partial charge in [-0.3, -0.25) is 9.59 Å². The van der Waals surface area contributed by atoms with E-state index < -0.39 is 12.0 Å². The van der Waals surface area contributed by atoms with Gasteiger partial charge in [-0.1, -0.05) is 0 Å². The van der Waals surface area contributed by atoms with Gasteiger partial charge in [-0.05, 0) is 13.8 Å². The second kappa shape index (κ2) is 7.52. The molecule has 0 spiro atoms. The third-order valence-electron chi connectivity index (χ3n) is 2.51. The maximum Gasteiger partial charge on any atom is 0.323 e. The molecule has 0 atom stereocenters. The fourth-order valence-corrected chi connectivity index (χ4v) is 1.51. The Balaban J connectivity index is 4.39. The predicted molar refractivity (Wildman–Crippen MR) is 66.2 cm³/mol. The van der Waals surface area contributed by atoms with Crippen molar-refractivity contribution in [3.8, 4) is 0 Å². The first-order valence-corrected chi connectivity index (χ1v) is 5.79. The van der Waals surface area contributed by atoms with Gasteiger partial charge >= 0.3 is 12.0 Å². The summed E-state index contributed by atoms with van der Waals surface area (Å²) in [5.41, 5.74) is 0. The Labute approximate surface area is 107 Å².